The van der Waals surface area contributed by atoms with Crippen LogP contribution in [0.3, 0.4) is 0 Å². The van der Waals surface area contributed by atoms with Gasteiger partial charge in [-0.3, -0.25) is 0 Å². The summed E-state index contributed by atoms with van der Waals surface area (Å²) in [5, 5.41) is -0.511. The molecule has 0 bridgehead atoms. The first-order valence-corrected chi connectivity index (χ1v) is 11.2. The van der Waals surface area contributed by atoms with Crippen molar-refractivity contribution >= 4 is 37.7 Å². The van der Waals surface area contributed by atoms with Crippen LogP contribution in [0, 0.1) is 0 Å². The zero-order chi connectivity index (χ0) is 20.5. The van der Waals surface area contributed by atoms with E-state index in [4.69, 9.17) is 4.74 Å². The standard InChI is InChI=1S/C17H15BrF3NO4S2/c1-25-15-7-2-11(18)10-14(15)16-22(8-9-27-16)28(23,24)13-5-3-12(4-6-13)26-17(19,20)21/h2-7,10,16H,8-9H2,1H3. The van der Waals surface area contributed by atoms with Crippen molar-refractivity contribution in [1.29, 1.82) is 0 Å². The fraction of sp³-hybridized carbons (Fsp3) is 0.294. The maximum Gasteiger partial charge on any atom is 0.573 e. The van der Waals surface area contributed by atoms with Gasteiger partial charge in [0, 0.05) is 22.3 Å². The van der Waals surface area contributed by atoms with Gasteiger partial charge in [0.1, 0.15) is 11.5 Å². The van der Waals surface area contributed by atoms with E-state index in [1.807, 2.05) is 0 Å². The molecule has 1 heterocycles. The number of ether oxygens (including phenoxy) is 2. The number of hydrogen-bond donors (Lipinski definition) is 0. The van der Waals surface area contributed by atoms with Gasteiger partial charge in [-0.05, 0) is 42.5 Å². The van der Waals surface area contributed by atoms with Crippen molar-refractivity contribution in [2.45, 2.75) is 16.6 Å². The second-order valence-corrected chi connectivity index (χ2v) is 9.74. The number of alkyl halides is 3. The van der Waals surface area contributed by atoms with E-state index in [0.29, 0.717) is 17.1 Å². The highest BCUT2D eigenvalue weighted by atomic mass is 79.9. The van der Waals surface area contributed by atoms with Crippen LogP contribution in [0.5, 0.6) is 11.5 Å². The van der Waals surface area contributed by atoms with Crippen LogP contribution in [0.2, 0.25) is 0 Å². The van der Waals surface area contributed by atoms with Crippen molar-refractivity contribution in [3.8, 4) is 11.5 Å². The topological polar surface area (TPSA) is 55.8 Å². The molecule has 2 aromatic rings. The molecule has 2 aromatic carbocycles. The van der Waals surface area contributed by atoms with Gasteiger partial charge >= 0.3 is 6.36 Å². The minimum absolute atomic E-state index is 0.108. The Morgan fingerprint density at radius 3 is 2.46 bits per heavy atom. The normalized spacial score (nSPS) is 18.2. The highest BCUT2D eigenvalue weighted by Gasteiger charge is 2.38. The summed E-state index contributed by atoms with van der Waals surface area (Å²) in [4.78, 5) is -0.108. The van der Waals surface area contributed by atoms with Crippen LogP contribution in [0.1, 0.15) is 10.9 Å². The number of hydrogen-bond acceptors (Lipinski definition) is 5. The fourth-order valence-electron chi connectivity index (χ4n) is 2.79. The van der Waals surface area contributed by atoms with Crippen LogP contribution in [0.4, 0.5) is 13.2 Å². The lowest BCUT2D eigenvalue weighted by molar-refractivity contribution is -0.274. The molecule has 0 aromatic heterocycles. The van der Waals surface area contributed by atoms with Crippen LogP contribution in [0.25, 0.3) is 0 Å². The molecule has 0 saturated carbocycles. The fourth-order valence-corrected chi connectivity index (χ4v) is 6.42. The van der Waals surface area contributed by atoms with E-state index in [2.05, 4.69) is 20.7 Å². The van der Waals surface area contributed by atoms with E-state index >= 15 is 0 Å². The molecule has 11 heteroatoms. The number of halogens is 4. The van der Waals surface area contributed by atoms with Crippen molar-refractivity contribution in [1.82, 2.24) is 4.31 Å². The highest BCUT2D eigenvalue weighted by molar-refractivity contribution is 9.10. The Morgan fingerprint density at radius 2 is 1.86 bits per heavy atom. The quantitative estimate of drug-likeness (QED) is 0.594. The first-order valence-electron chi connectivity index (χ1n) is 7.94. The van der Waals surface area contributed by atoms with Gasteiger partial charge in [-0.2, -0.15) is 4.31 Å². The summed E-state index contributed by atoms with van der Waals surface area (Å²) in [6, 6.07) is 9.51. The monoisotopic (exact) mass is 497 g/mol. The van der Waals surface area contributed by atoms with E-state index in [1.54, 1.807) is 18.2 Å². The Bertz CT molecular complexity index is 952. The molecule has 1 fully saturated rings. The summed E-state index contributed by atoms with van der Waals surface area (Å²) in [5.74, 6) is 0.652. The molecule has 152 valence electrons. The van der Waals surface area contributed by atoms with Gasteiger partial charge < -0.3 is 9.47 Å². The molecular weight excluding hydrogens is 483 g/mol. The van der Waals surface area contributed by atoms with E-state index in [1.165, 1.54) is 23.2 Å². The summed E-state index contributed by atoms with van der Waals surface area (Å²) in [7, 11) is -2.42. The van der Waals surface area contributed by atoms with Gasteiger partial charge in [0.05, 0.1) is 17.4 Å². The maximum absolute atomic E-state index is 13.1. The van der Waals surface area contributed by atoms with Crippen molar-refractivity contribution < 1.29 is 31.1 Å². The predicted octanol–water partition coefficient (Wildman–Crippen LogP) is 4.79. The van der Waals surface area contributed by atoms with Crippen LogP contribution in [0.15, 0.2) is 51.8 Å². The molecule has 1 aliphatic heterocycles. The molecule has 28 heavy (non-hydrogen) atoms. The van der Waals surface area contributed by atoms with Crippen molar-refractivity contribution in [2.24, 2.45) is 0 Å². The zero-order valence-corrected chi connectivity index (χ0v) is 17.7. The molecule has 1 unspecified atom stereocenters. The molecule has 5 nitrogen and oxygen atoms in total. The van der Waals surface area contributed by atoms with Crippen LogP contribution in [-0.2, 0) is 10.0 Å². The minimum atomic E-state index is -4.84. The molecule has 1 aliphatic rings. The van der Waals surface area contributed by atoms with Crippen molar-refractivity contribution in [3.05, 3.63) is 52.5 Å². The lowest BCUT2D eigenvalue weighted by atomic mass is 10.2. The van der Waals surface area contributed by atoms with E-state index < -0.39 is 27.5 Å². The Balaban J connectivity index is 1.92. The van der Waals surface area contributed by atoms with Gasteiger partial charge in [-0.25, -0.2) is 8.42 Å². The molecule has 0 radical (unpaired) electrons. The largest absolute Gasteiger partial charge is 0.573 e. The maximum atomic E-state index is 13.1. The van der Waals surface area contributed by atoms with Gasteiger partial charge in [0.15, 0.2) is 0 Å². The minimum Gasteiger partial charge on any atom is -0.496 e. The SMILES string of the molecule is COc1ccc(Br)cc1C1SCCN1S(=O)(=O)c1ccc(OC(F)(F)F)cc1. The van der Waals surface area contributed by atoms with Crippen molar-refractivity contribution in [3.63, 3.8) is 0 Å². The average molecular weight is 498 g/mol. The molecule has 3 rings (SSSR count). The lowest BCUT2D eigenvalue weighted by Gasteiger charge is -2.25. The van der Waals surface area contributed by atoms with Crippen LogP contribution in [-0.4, -0.2) is 38.5 Å². The number of methoxy groups -OCH3 is 1. The van der Waals surface area contributed by atoms with Gasteiger partial charge in [0.2, 0.25) is 10.0 Å². The third kappa shape index (κ3) is 4.58. The Labute approximate surface area is 173 Å². The molecule has 0 amide bonds. The Morgan fingerprint density at radius 1 is 1.18 bits per heavy atom. The first-order chi connectivity index (χ1) is 13.1. The number of thioether (sulfide) groups is 1. The molecule has 0 N–H and O–H groups in total. The molecule has 0 aliphatic carbocycles. The zero-order valence-electron chi connectivity index (χ0n) is 14.4. The lowest BCUT2D eigenvalue weighted by Crippen LogP contribution is -2.30. The third-order valence-corrected chi connectivity index (χ3v) is 7.72. The third-order valence-electron chi connectivity index (χ3n) is 3.97. The predicted molar refractivity (Wildman–Crippen MR) is 103 cm³/mol. The van der Waals surface area contributed by atoms with Gasteiger partial charge in [0.25, 0.3) is 0 Å². The summed E-state index contributed by atoms with van der Waals surface area (Å²) < 4.78 is 74.3. The second-order valence-electron chi connectivity index (χ2n) is 5.74. The van der Waals surface area contributed by atoms with Crippen molar-refractivity contribution in [2.75, 3.05) is 19.4 Å². The molecular formula is C17H15BrF3NO4S2. The molecule has 1 saturated heterocycles. The highest BCUT2D eigenvalue weighted by Crippen LogP contribution is 2.45. The summed E-state index contributed by atoms with van der Waals surface area (Å²) in [6.07, 6.45) is -4.84. The Kier molecular flexibility index (Phi) is 6.18. The number of nitrogens with zero attached hydrogens (tertiary/aromatic N) is 1. The Hall–Kier alpha value is -1.43. The second kappa shape index (κ2) is 8.13. The van der Waals surface area contributed by atoms with Crippen LogP contribution < -0.4 is 9.47 Å². The number of sulfonamides is 1. The smallest absolute Gasteiger partial charge is 0.496 e. The first kappa shape index (κ1) is 21.3. The summed E-state index contributed by atoms with van der Waals surface area (Å²) in [6.45, 7) is 0.272. The van der Waals surface area contributed by atoms with E-state index in [0.717, 1.165) is 28.7 Å². The summed E-state index contributed by atoms with van der Waals surface area (Å²) in [5.41, 5.74) is 0.694. The van der Waals surface area contributed by atoms with Gasteiger partial charge in [-0.15, -0.1) is 24.9 Å². The van der Waals surface area contributed by atoms with E-state index in [-0.39, 0.29) is 11.4 Å². The average Bonchev–Trinajstić information content (AvgIpc) is 3.11. The van der Waals surface area contributed by atoms with Gasteiger partial charge in [-0.1, -0.05) is 15.9 Å². The van der Waals surface area contributed by atoms with Crippen LogP contribution >= 0.6 is 27.7 Å². The number of rotatable bonds is 5. The summed E-state index contributed by atoms with van der Waals surface area (Å²) >= 11 is 4.83. The van der Waals surface area contributed by atoms with E-state index in [9.17, 15) is 21.6 Å². The molecule has 1 atom stereocenters. The molecule has 0 spiro atoms. The number of benzene rings is 2.